The second-order valence-corrected chi connectivity index (χ2v) is 3.90. The molecule has 5 nitrogen and oxygen atoms in total. The summed E-state index contributed by atoms with van der Waals surface area (Å²) in [5, 5.41) is 3.10. The van der Waals surface area contributed by atoms with Gasteiger partial charge in [0.05, 0.1) is 12.9 Å². The Morgan fingerprint density at radius 2 is 2.17 bits per heavy atom. The van der Waals surface area contributed by atoms with Crippen LogP contribution in [-0.4, -0.2) is 17.1 Å². The van der Waals surface area contributed by atoms with Crippen LogP contribution in [-0.2, 0) is 17.9 Å². The number of H-pyrrole nitrogens is 1. The monoisotopic (exact) mass is 245 g/mol. The van der Waals surface area contributed by atoms with E-state index in [2.05, 4.69) is 21.4 Å². The standard InChI is InChI=1S/C13H15N3O2/c1-18-8-11-4-2-3-10(5-11)7-14-12-6-13(17)16-9-15-12/h2-6,9H,7-8H2,1H3,(H2,14,15,16,17). The summed E-state index contributed by atoms with van der Waals surface area (Å²) in [5.41, 5.74) is 2.07. The average molecular weight is 245 g/mol. The molecule has 0 unspecified atom stereocenters. The van der Waals surface area contributed by atoms with Crippen LogP contribution in [0.4, 0.5) is 5.82 Å². The summed E-state index contributed by atoms with van der Waals surface area (Å²) < 4.78 is 5.08. The molecule has 0 bridgehead atoms. The molecule has 0 aliphatic carbocycles. The van der Waals surface area contributed by atoms with Gasteiger partial charge in [-0.1, -0.05) is 24.3 Å². The van der Waals surface area contributed by atoms with Gasteiger partial charge < -0.3 is 15.0 Å². The summed E-state index contributed by atoms with van der Waals surface area (Å²) in [6.07, 6.45) is 1.38. The number of aromatic amines is 1. The first kappa shape index (κ1) is 12.3. The van der Waals surface area contributed by atoms with Gasteiger partial charge in [-0.15, -0.1) is 0 Å². The Labute approximate surface area is 105 Å². The molecule has 2 N–H and O–H groups in total. The van der Waals surface area contributed by atoms with E-state index < -0.39 is 0 Å². The van der Waals surface area contributed by atoms with Crippen molar-refractivity contribution in [2.24, 2.45) is 0 Å². The quantitative estimate of drug-likeness (QED) is 0.838. The molecule has 2 rings (SSSR count). The Morgan fingerprint density at radius 1 is 1.33 bits per heavy atom. The molecule has 0 aliphatic rings. The summed E-state index contributed by atoms with van der Waals surface area (Å²) in [4.78, 5) is 17.6. The van der Waals surface area contributed by atoms with Crippen LogP contribution < -0.4 is 10.9 Å². The largest absolute Gasteiger partial charge is 0.380 e. The van der Waals surface area contributed by atoms with Crippen LogP contribution in [0.25, 0.3) is 0 Å². The molecule has 0 amide bonds. The number of hydrogen-bond acceptors (Lipinski definition) is 4. The molecular weight excluding hydrogens is 230 g/mol. The van der Waals surface area contributed by atoms with Crippen molar-refractivity contribution in [2.45, 2.75) is 13.2 Å². The fourth-order valence-corrected chi connectivity index (χ4v) is 1.65. The average Bonchev–Trinajstić information content (AvgIpc) is 2.37. The third-order valence-corrected chi connectivity index (χ3v) is 2.45. The summed E-state index contributed by atoms with van der Waals surface area (Å²) >= 11 is 0. The van der Waals surface area contributed by atoms with Crippen LogP contribution in [0.3, 0.4) is 0 Å². The Hall–Kier alpha value is -2.14. The first-order chi connectivity index (χ1) is 8.78. The van der Waals surface area contributed by atoms with Crippen molar-refractivity contribution in [3.8, 4) is 0 Å². The van der Waals surface area contributed by atoms with Crippen molar-refractivity contribution < 1.29 is 4.74 Å². The van der Waals surface area contributed by atoms with E-state index in [9.17, 15) is 4.79 Å². The number of nitrogens with zero attached hydrogens (tertiary/aromatic N) is 1. The summed E-state index contributed by atoms with van der Waals surface area (Å²) in [6.45, 7) is 1.21. The fraction of sp³-hybridized carbons (Fsp3) is 0.231. The third kappa shape index (κ3) is 3.43. The number of nitrogens with one attached hydrogen (secondary N) is 2. The van der Waals surface area contributed by atoms with E-state index in [1.807, 2.05) is 18.2 Å². The Kier molecular flexibility index (Phi) is 4.09. The van der Waals surface area contributed by atoms with Crippen LogP contribution in [0, 0.1) is 0 Å². The number of methoxy groups -OCH3 is 1. The van der Waals surface area contributed by atoms with Crippen molar-refractivity contribution >= 4 is 5.82 Å². The van der Waals surface area contributed by atoms with Crippen molar-refractivity contribution in [1.29, 1.82) is 0 Å². The van der Waals surface area contributed by atoms with Crippen LogP contribution in [0.5, 0.6) is 0 Å². The highest BCUT2D eigenvalue weighted by atomic mass is 16.5. The molecular formula is C13H15N3O2. The van der Waals surface area contributed by atoms with E-state index >= 15 is 0 Å². The van der Waals surface area contributed by atoms with Gasteiger partial charge in [0, 0.05) is 19.7 Å². The second kappa shape index (κ2) is 5.97. The molecule has 0 aliphatic heterocycles. The van der Waals surface area contributed by atoms with E-state index in [-0.39, 0.29) is 5.56 Å². The van der Waals surface area contributed by atoms with Gasteiger partial charge in [-0.05, 0) is 11.1 Å². The molecule has 0 saturated heterocycles. The number of benzene rings is 1. The van der Waals surface area contributed by atoms with E-state index in [1.54, 1.807) is 7.11 Å². The topological polar surface area (TPSA) is 67.0 Å². The lowest BCUT2D eigenvalue weighted by molar-refractivity contribution is 0.185. The second-order valence-electron chi connectivity index (χ2n) is 3.90. The lowest BCUT2D eigenvalue weighted by atomic mass is 10.1. The molecule has 0 radical (unpaired) electrons. The lowest BCUT2D eigenvalue weighted by Crippen LogP contribution is -2.09. The summed E-state index contributed by atoms with van der Waals surface area (Å²) in [5.74, 6) is 0.566. The Bertz CT molecular complexity index is 566. The molecule has 0 atom stereocenters. The molecule has 0 saturated carbocycles. The van der Waals surface area contributed by atoms with Gasteiger partial charge in [0.1, 0.15) is 5.82 Å². The molecule has 94 valence electrons. The molecule has 1 aromatic heterocycles. The van der Waals surface area contributed by atoms with Crippen molar-refractivity contribution in [1.82, 2.24) is 9.97 Å². The minimum Gasteiger partial charge on any atom is -0.380 e. The third-order valence-electron chi connectivity index (χ3n) is 2.45. The van der Waals surface area contributed by atoms with Gasteiger partial charge in [0.2, 0.25) is 0 Å². The number of rotatable bonds is 5. The Morgan fingerprint density at radius 3 is 2.94 bits per heavy atom. The first-order valence-corrected chi connectivity index (χ1v) is 5.63. The van der Waals surface area contributed by atoms with Gasteiger partial charge in [-0.2, -0.15) is 0 Å². The minimum absolute atomic E-state index is 0.166. The number of aromatic nitrogens is 2. The zero-order valence-electron chi connectivity index (χ0n) is 10.1. The van der Waals surface area contributed by atoms with Crippen molar-refractivity contribution in [3.05, 3.63) is 58.1 Å². The molecule has 0 spiro atoms. The lowest BCUT2D eigenvalue weighted by Gasteiger charge is -2.06. The normalized spacial score (nSPS) is 10.3. The Balaban J connectivity index is 2.01. The maximum Gasteiger partial charge on any atom is 0.252 e. The molecule has 18 heavy (non-hydrogen) atoms. The van der Waals surface area contributed by atoms with Gasteiger partial charge >= 0.3 is 0 Å². The van der Waals surface area contributed by atoms with Gasteiger partial charge in [-0.25, -0.2) is 4.98 Å². The zero-order valence-corrected chi connectivity index (χ0v) is 10.1. The van der Waals surface area contributed by atoms with Crippen LogP contribution in [0.2, 0.25) is 0 Å². The van der Waals surface area contributed by atoms with E-state index in [4.69, 9.17) is 4.74 Å². The van der Waals surface area contributed by atoms with Crippen LogP contribution in [0.1, 0.15) is 11.1 Å². The minimum atomic E-state index is -0.166. The fourth-order valence-electron chi connectivity index (χ4n) is 1.65. The molecule has 0 fully saturated rings. The summed E-state index contributed by atoms with van der Waals surface area (Å²) in [6, 6.07) is 9.50. The summed E-state index contributed by atoms with van der Waals surface area (Å²) in [7, 11) is 1.67. The molecule has 1 aromatic carbocycles. The number of ether oxygens (including phenoxy) is 1. The predicted octanol–water partition coefficient (Wildman–Crippen LogP) is 1.53. The van der Waals surface area contributed by atoms with Gasteiger partial charge in [-0.3, -0.25) is 4.79 Å². The van der Waals surface area contributed by atoms with Crippen molar-refractivity contribution in [2.75, 3.05) is 12.4 Å². The molecule has 2 aromatic rings. The highest BCUT2D eigenvalue weighted by Gasteiger charge is 1.98. The van der Waals surface area contributed by atoms with Crippen molar-refractivity contribution in [3.63, 3.8) is 0 Å². The predicted molar refractivity (Wildman–Crippen MR) is 69.3 cm³/mol. The zero-order chi connectivity index (χ0) is 12.8. The van der Waals surface area contributed by atoms with E-state index in [1.165, 1.54) is 12.4 Å². The highest BCUT2D eigenvalue weighted by molar-refractivity contribution is 5.34. The maximum atomic E-state index is 11.1. The molecule has 5 heteroatoms. The molecule has 1 heterocycles. The highest BCUT2D eigenvalue weighted by Crippen LogP contribution is 2.08. The van der Waals surface area contributed by atoms with Crippen LogP contribution >= 0.6 is 0 Å². The van der Waals surface area contributed by atoms with E-state index in [0.29, 0.717) is 19.0 Å². The first-order valence-electron chi connectivity index (χ1n) is 5.63. The van der Waals surface area contributed by atoms with E-state index in [0.717, 1.165) is 11.1 Å². The van der Waals surface area contributed by atoms with Gasteiger partial charge in [0.25, 0.3) is 5.56 Å². The number of anilines is 1. The maximum absolute atomic E-state index is 11.1. The SMILES string of the molecule is COCc1cccc(CNc2cc(=O)[nH]cn2)c1. The van der Waals surface area contributed by atoms with Crippen LogP contribution in [0.15, 0.2) is 41.5 Å². The smallest absolute Gasteiger partial charge is 0.252 e. The van der Waals surface area contributed by atoms with Gasteiger partial charge in [0.15, 0.2) is 0 Å². The number of hydrogen-bond donors (Lipinski definition) is 2.